The molecule has 0 unspecified atom stereocenters. The summed E-state index contributed by atoms with van der Waals surface area (Å²) in [6, 6.07) is 22.9. The number of hydrogen-bond acceptors (Lipinski definition) is 3. The van der Waals surface area contributed by atoms with E-state index in [1.54, 1.807) is 32.4 Å². The molecular weight excluding hydrogens is 338 g/mol. The van der Waals surface area contributed by atoms with Gasteiger partial charge >= 0.3 is 0 Å². The normalized spacial score (nSPS) is 11.5. The Labute approximate surface area is 159 Å². The summed E-state index contributed by atoms with van der Waals surface area (Å²) in [6.45, 7) is 2.05. The minimum absolute atomic E-state index is 0.173. The highest BCUT2D eigenvalue weighted by atomic mass is 16.5. The van der Waals surface area contributed by atoms with Gasteiger partial charge in [0.15, 0.2) is 11.5 Å². The van der Waals surface area contributed by atoms with Crippen LogP contribution in [0.3, 0.4) is 0 Å². The van der Waals surface area contributed by atoms with Crippen LogP contribution >= 0.6 is 0 Å². The third-order valence-electron chi connectivity index (χ3n) is 4.55. The van der Waals surface area contributed by atoms with Gasteiger partial charge in [0.2, 0.25) is 0 Å². The van der Waals surface area contributed by atoms with Gasteiger partial charge in [-0.2, -0.15) is 0 Å². The topological polar surface area (TPSA) is 47.6 Å². The minimum atomic E-state index is -0.243. The standard InChI is InChI=1S/C23H23NO3/c1-16-9-7-8-12-19(16)22(17-10-5-4-6-11-17)24-23(25)18-13-14-20(26-2)21(15-18)27-3/h4-15,22H,1-3H3,(H,24,25)/t22-/m0/s1. The SMILES string of the molecule is COc1ccc(C(=O)N[C@@H](c2ccccc2)c2ccccc2C)cc1OC. The summed E-state index contributed by atoms with van der Waals surface area (Å²) in [5, 5.41) is 3.16. The number of nitrogens with one attached hydrogen (secondary N) is 1. The molecule has 0 spiro atoms. The van der Waals surface area contributed by atoms with E-state index < -0.39 is 0 Å². The largest absolute Gasteiger partial charge is 0.493 e. The lowest BCUT2D eigenvalue weighted by Crippen LogP contribution is -2.29. The molecule has 0 heterocycles. The molecule has 0 bridgehead atoms. The Morgan fingerprint density at radius 1 is 0.852 bits per heavy atom. The molecule has 138 valence electrons. The minimum Gasteiger partial charge on any atom is -0.493 e. The van der Waals surface area contributed by atoms with Crippen molar-refractivity contribution in [2.24, 2.45) is 0 Å². The maximum Gasteiger partial charge on any atom is 0.252 e. The molecule has 3 aromatic carbocycles. The first-order valence-electron chi connectivity index (χ1n) is 8.77. The predicted octanol–water partition coefficient (Wildman–Crippen LogP) is 4.53. The molecule has 4 nitrogen and oxygen atoms in total. The average Bonchev–Trinajstić information content (AvgIpc) is 2.72. The zero-order valence-electron chi connectivity index (χ0n) is 15.7. The van der Waals surface area contributed by atoms with Crippen molar-refractivity contribution in [3.8, 4) is 11.5 Å². The van der Waals surface area contributed by atoms with Crippen LogP contribution in [-0.4, -0.2) is 20.1 Å². The number of carbonyl (C=O) groups excluding carboxylic acids is 1. The monoisotopic (exact) mass is 361 g/mol. The van der Waals surface area contributed by atoms with Gasteiger partial charge in [0, 0.05) is 5.56 Å². The summed E-state index contributed by atoms with van der Waals surface area (Å²) in [5.74, 6) is 0.943. The lowest BCUT2D eigenvalue weighted by molar-refractivity contribution is 0.0942. The molecule has 0 aromatic heterocycles. The second-order valence-electron chi connectivity index (χ2n) is 6.24. The van der Waals surface area contributed by atoms with E-state index in [0.717, 1.165) is 16.7 Å². The van der Waals surface area contributed by atoms with E-state index in [2.05, 4.69) is 5.32 Å². The first-order valence-corrected chi connectivity index (χ1v) is 8.77. The van der Waals surface area contributed by atoms with E-state index in [0.29, 0.717) is 17.1 Å². The van der Waals surface area contributed by atoms with E-state index in [1.807, 2.05) is 61.5 Å². The Bertz CT molecular complexity index is 922. The second kappa shape index (κ2) is 8.41. The highest BCUT2D eigenvalue weighted by Gasteiger charge is 2.20. The van der Waals surface area contributed by atoms with Crippen LogP contribution in [0.4, 0.5) is 0 Å². The van der Waals surface area contributed by atoms with Crippen LogP contribution in [0, 0.1) is 6.92 Å². The lowest BCUT2D eigenvalue weighted by atomic mass is 9.94. The van der Waals surface area contributed by atoms with Crippen LogP contribution in [0.5, 0.6) is 11.5 Å². The molecule has 3 rings (SSSR count). The Morgan fingerprint density at radius 3 is 2.19 bits per heavy atom. The Morgan fingerprint density at radius 2 is 1.52 bits per heavy atom. The smallest absolute Gasteiger partial charge is 0.252 e. The zero-order valence-corrected chi connectivity index (χ0v) is 15.7. The van der Waals surface area contributed by atoms with Gasteiger partial charge in [0.05, 0.1) is 20.3 Å². The zero-order chi connectivity index (χ0) is 19.2. The van der Waals surface area contributed by atoms with E-state index in [9.17, 15) is 4.79 Å². The highest BCUT2D eigenvalue weighted by molar-refractivity contribution is 5.95. The van der Waals surface area contributed by atoms with Crippen LogP contribution in [0.25, 0.3) is 0 Å². The molecule has 4 heteroatoms. The maximum absolute atomic E-state index is 13.0. The van der Waals surface area contributed by atoms with Gasteiger partial charge in [-0.05, 0) is 41.8 Å². The van der Waals surface area contributed by atoms with Gasteiger partial charge in [-0.1, -0.05) is 54.6 Å². The van der Waals surface area contributed by atoms with Crippen LogP contribution in [-0.2, 0) is 0 Å². The number of aryl methyl sites for hydroxylation is 1. The molecule has 0 aliphatic carbocycles. The Balaban J connectivity index is 1.95. The van der Waals surface area contributed by atoms with Gasteiger partial charge in [-0.3, -0.25) is 4.79 Å². The number of rotatable bonds is 6. The van der Waals surface area contributed by atoms with Gasteiger partial charge in [-0.25, -0.2) is 0 Å². The van der Waals surface area contributed by atoms with Crippen molar-refractivity contribution in [1.82, 2.24) is 5.32 Å². The first kappa shape index (κ1) is 18.5. The summed E-state index contributed by atoms with van der Waals surface area (Å²) in [5.41, 5.74) is 3.74. The highest BCUT2D eigenvalue weighted by Crippen LogP contribution is 2.29. The van der Waals surface area contributed by atoms with E-state index in [4.69, 9.17) is 9.47 Å². The third-order valence-corrected chi connectivity index (χ3v) is 4.55. The van der Waals surface area contributed by atoms with Crippen LogP contribution in [0.15, 0.2) is 72.8 Å². The van der Waals surface area contributed by atoms with Crippen molar-refractivity contribution in [1.29, 1.82) is 0 Å². The van der Waals surface area contributed by atoms with Gasteiger partial charge < -0.3 is 14.8 Å². The van der Waals surface area contributed by atoms with Crippen molar-refractivity contribution in [2.75, 3.05) is 14.2 Å². The second-order valence-corrected chi connectivity index (χ2v) is 6.24. The van der Waals surface area contributed by atoms with Crippen LogP contribution in [0.1, 0.15) is 33.1 Å². The lowest BCUT2D eigenvalue weighted by Gasteiger charge is -2.22. The molecule has 0 saturated carbocycles. The number of methoxy groups -OCH3 is 2. The fourth-order valence-corrected chi connectivity index (χ4v) is 3.09. The molecule has 0 saturated heterocycles. The fourth-order valence-electron chi connectivity index (χ4n) is 3.09. The maximum atomic E-state index is 13.0. The molecule has 0 fully saturated rings. The van der Waals surface area contributed by atoms with Crippen molar-refractivity contribution in [3.05, 3.63) is 95.1 Å². The van der Waals surface area contributed by atoms with Crippen LogP contribution < -0.4 is 14.8 Å². The third kappa shape index (κ3) is 4.11. The molecule has 1 atom stereocenters. The number of ether oxygens (including phenoxy) is 2. The first-order chi connectivity index (χ1) is 13.1. The average molecular weight is 361 g/mol. The Hall–Kier alpha value is -3.27. The van der Waals surface area contributed by atoms with E-state index in [1.165, 1.54) is 0 Å². The quantitative estimate of drug-likeness (QED) is 0.702. The molecule has 1 N–H and O–H groups in total. The van der Waals surface area contributed by atoms with E-state index >= 15 is 0 Å². The molecule has 1 amide bonds. The molecular formula is C23H23NO3. The summed E-state index contributed by atoms with van der Waals surface area (Å²) in [4.78, 5) is 13.0. The number of carbonyl (C=O) groups is 1. The molecule has 0 aliphatic heterocycles. The predicted molar refractivity (Wildman–Crippen MR) is 106 cm³/mol. The molecule has 3 aromatic rings. The van der Waals surface area contributed by atoms with E-state index in [-0.39, 0.29) is 11.9 Å². The number of hydrogen-bond donors (Lipinski definition) is 1. The summed E-state index contributed by atoms with van der Waals surface area (Å²) in [7, 11) is 3.13. The number of benzene rings is 3. The van der Waals surface area contributed by atoms with Gasteiger partial charge in [-0.15, -0.1) is 0 Å². The molecule has 27 heavy (non-hydrogen) atoms. The fraction of sp³-hybridized carbons (Fsp3) is 0.174. The summed E-state index contributed by atoms with van der Waals surface area (Å²) in [6.07, 6.45) is 0. The van der Waals surface area contributed by atoms with Crippen molar-refractivity contribution >= 4 is 5.91 Å². The summed E-state index contributed by atoms with van der Waals surface area (Å²) >= 11 is 0. The van der Waals surface area contributed by atoms with Gasteiger partial charge in [0.25, 0.3) is 5.91 Å². The van der Waals surface area contributed by atoms with Crippen molar-refractivity contribution < 1.29 is 14.3 Å². The number of amides is 1. The molecule has 0 aliphatic rings. The molecule has 0 radical (unpaired) electrons. The Kier molecular flexibility index (Phi) is 5.77. The van der Waals surface area contributed by atoms with Crippen molar-refractivity contribution in [2.45, 2.75) is 13.0 Å². The van der Waals surface area contributed by atoms with Gasteiger partial charge in [0.1, 0.15) is 0 Å². The summed E-state index contributed by atoms with van der Waals surface area (Å²) < 4.78 is 10.6. The van der Waals surface area contributed by atoms with Crippen LogP contribution in [0.2, 0.25) is 0 Å². The van der Waals surface area contributed by atoms with Crippen molar-refractivity contribution in [3.63, 3.8) is 0 Å².